The van der Waals surface area contributed by atoms with Crippen LogP contribution in [0, 0.1) is 28.6 Å². The molecule has 2 N–H and O–H groups in total. The zero-order valence-electron chi connectivity index (χ0n) is 33.2. The first-order valence-corrected chi connectivity index (χ1v) is 20.6. The Labute approximate surface area is 323 Å². The van der Waals surface area contributed by atoms with E-state index in [0.29, 0.717) is 61.6 Å². The number of benzene rings is 3. The maximum atomic E-state index is 14.7. The predicted octanol–water partition coefficient (Wildman–Crippen LogP) is 10.2. The molecule has 7 atom stereocenters. The molecular formula is C48H61NO5. The van der Waals surface area contributed by atoms with Crippen molar-refractivity contribution in [1.29, 1.82) is 0 Å². The molecule has 3 aromatic rings. The van der Waals surface area contributed by atoms with Crippen LogP contribution in [0.3, 0.4) is 0 Å². The number of rotatable bonds is 8. The van der Waals surface area contributed by atoms with Gasteiger partial charge in [0.1, 0.15) is 0 Å². The van der Waals surface area contributed by atoms with Crippen LogP contribution in [0.15, 0.2) is 84.4 Å². The van der Waals surface area contributed by atoms with Crippen LogP contribution >= 0.6 is 0 Å². The van der Waals surface area contributed by atoms with Crippen molar-refractivity contribution in [2.75, 3.05) is 19.7 Å². The van der Waals surface area contributed by atoms with Gasteiger partial charge >= 0.3 is 6.09 Å². The minimum atomic E-state index is -1.19. The monoisotopic (exact) mass is 731 g/mol. The highest BCUT2D eigenvalue weighted by atomic mass is 16.6. The van der Waals surface area contributed by atoms with E-state index in [1.165, 1.54) is 18.4 Å². The summed E-state index contributed by atoms with van der Waals surface area (Å²) >= 11 is 0. The second-order valence-electron chi connectivity index (χ2n) is 18.0. The molecule has 0 saturated heterocycles. The molecule has 6 heteroatoms. The Hall–Kier alpha value is -3.74. The van der Waals surface area contributed by atoms with E-state index in [1.54, 1.807) is 0 Å². The fraction of sp³-hybridized carbons (Fsp3) is 0.542. The quantitative estimate of drug-likeness (QED) is 0.178. The number of carbonyl (C=O) groups is 2. The summed E-state index contributed by atoms with van der Waals surface area (Å²) in [5.41, 5.74) is 4.98. The smallest absolute Gasteiger partial charge is 0.409 e. The van der Waals surface area contributed by atoms with Gasteiger partial charge in [0, 0.05) is 23.1 Å². The second kappa shape index (κ2) is 15.4. The molecule has 4 bridgehead atoms. The predicted molar refractivity (Wildman–Crippen MR) is 215 cm³/mol. The molecule has 9 rings (SSSR count). The third-order valence-electron chi connectivity index (χ3n) is 14.6. The van der Waals surface area contributed by atoms with E-state index in [-0.39, 0.29) is 36.4 Å². The molecule has 0 radical (unpaired) electrons. The SMILES string of the molecule is CCOC(=O)N(CC1CCC2CC1C2(C)C)CC1(O)CCC2c3ccc(cc3C(=O)c3ccc(-c4ccccc4)cc3)CC(O)CCC(C)=CCCC21C. The summed E-state index contributed by atoms with van der Waals surface area (Å²) in [6, 6.07) is 24.2. The topological polar surface area (TPSA) is 87.1 Å². The number of ketones is 1. The molecule has 6 aliphatic carbocycles. The number of aliphatic hydroxyl groups excluding tert-OH is 1. The van der Waals surface area contributed by atoms with Crippen molar-refractivity contribution in [1.82, 2.24) is 4.90 Å². The highest BCUT2D eigenvalue weighted by molar-refractivity contribution is 6.10. The third kappa shape index (κ3) is 7.33. The summed E-state index contributed by atoms with van der Waals surface area (Å²) in [6.45, 7) is 12.0. The number of amides is 1. The number of ether oxygens (including phenoxy) is 1. The average Bonchev–Trinajstić information content (AvgIpc) is 3.42. The molecule has 6 aliphatic rings. The molecule has 6 nitrogen and oxygen atoms in total. The van der Waals surface area contributed by atoms with Crippen molar-refractivity contribution < 1.29 is 24.5 Å². The minimum absolute atomic E-state index is 0.0477. The molecule has 288 valence electrons. The Morgan fingerprint density at radius 3 is 2.35 bits per heavy atom. The number of fused-ring (bicyclic) bond motifs is 10. The van der Waals surface area contributed by atoms with E-state index < -0.39 is 17.1 Å². The average molecular weight is 732 g/mol. The van der Waals surface area contributed by atoms with Crippen LogP contribution in [-0.2, 0) is 11.2 Å². The summed E-state index contributed by atoms with van der Waals surface area (Å²) in [6.07, 6.45) is 9.54. The first kappa shape index (κ1) is 38.5. The molecule has 0 aliphatic heterocycles. The van der Waals surface area contributed by atoms with Gasteiger partial charge < -0.3 is 19.8 Å². The van der Waals surface area contributed by atoms with E-state index in [1.807, 2.05) is 60.4 Å². The molecule has 3 aromatic carbocycles. The van der Waals surface area contributed by atoms with Gasteiger partial charge in [-0.3, -0.25) is 4.79 Å². The lowest BCUT2D eigenvalue weighted by molar-refractivity contribution is -0.120. The van der Waals surface area contributed by atoms with Gasteiger partial charge in [-0.05, 0) is 135 Å². The second-order valence-corrected chi connectivity index (χ2v) is 18.0. The molecule has 0 aromatic heterocycles. The molecule has 54 heavy (non-hydrogen) atoms. The molecule has 7 unspecified atom stereocenters. The van der Waals surface area contributed by atoms with Gasteiger partial charge in [0.15, 0.2) is 5.78 Å². The van der Waals surface area contributed by atoms with Crippen molar-refractivity contribution in [2.24, 2.45) is 28.6 Å². The van der Waals surface area contributed by atoms with Crippen molar-refractivity contribution in [3.63, 3.8) is 0 Å². The lowest BCUT2D eigenvalue weighted by Gasteiger charge is -2.60. The van der Waals surface area contributed by atoms with Crippen LogP contribution in [0.1, 0.15) is 125 Å². The van der Waals surface area contributed by atoms with E-state index >= 15 is 0 Å². The number of carbonyl (C=O) groups excluding carboxylic acids is 2. The summed E-state index contributed by atoms with van der Waals surface area (Å²) in [7, 11) is 0. The molecule has 4 fully saturated rings. The highest BCUT2D eigenvalue weighted by Gasteiger charge is 2.59. The summed E-state index contributed by atoms with van der Waals surface area (Å²) in [5, 5.41) is 24.2. The Kier molecular flexibility index (Phi) is 11.0. The van der Waals surface area contributed by atoms with Crippen molar-refractivity contribution >= 4 is 11.9 Å². The van der Waals surface area contributed by atoms with Crippen LogP contribution in [0.2, 0.25) is 0 Å². The van der Waals surface area contributed by atoms with Crippen molar-refractivity contribution in [3.8, 4) is 11.1 Å². The van der Waals surface area contributed by atoms with Crippen LogP contribution < -0.4 is 0 Å². The van der Waals surface area contributed by atoms with E-state index in [2.05, 4.69) is 58.0 Å². The largest absolute Gasteiger partial charge is 0.450 e. The third-order valence-corrected chi connectivity index (χ3v) is 14.6. The lowest BCUT2D eigenvalue weighted by atomic mass is 9.45. The number of aliphatic hydroxyl groups is 2. The Morgan fingerprint density at radius 2 is 1.65 bits per heavy atom. The normalized spacial score (nSPS) is 30.4. The molecule has 0 spiro atoms. The molecular weight excluding hydrogens is 671 g/mol. The van der Waals surface area contributed by atoms with Crippen LogP contribution in [0.5, 0.6) is 0 Å². The number of hydrogen-bond donors (Lipinski definition) is 2. The number of nitrogens with zero attached hydrogens (tertiary/aromatic N) is 1. The number of hydrogen-bond acceptors (Lipinski definition) is 5. The van der Waals surface area contributed by atoms with Crippen LogP contribution in [0.25, 0.3) is 11.1 Å². The summed E-state index contributed by atoms with van der Waals surface area (Å²) in [5.74, 6) is 1.56. The van der Waals surface area contributed by atoms with Crippen LogP contribution in [0.4, 0.5) is 4.79 Å². The molecule has 4 saturated carbocycles. The fourth-order valence-electron chi connectivity index (χ4n) is 11.0. The summed E-state index contributed by atoms with van der Waals surface area (Å²) in [4.78, 5) is 30.3. The fourth-order valence-corrected chi connectivity index (χ4v) is 11.0. The van der Waals surface area contributed by atoms with Gasteiger partial charge in [0.25, 0.3) is 0 Å². The highest BCUT2D eigenvalue weighted by Crippen LogP contribution is 2.62. The Morgan fingerprint density at radius 1 is 0.907 bits per heavy atom. The van der Waals surface area contributed by atoms with Gasteiger partial charge in [-0.2, -0.15) is 0 Å². The van der Waals surface area contributed by atoms with Crippen molar-refractivity contribution in [3.05, 3.63) is 107 Å². The number of allylic oxidation sites excluding steroid dienone is 2. The Balaban J connectivity index is 1.25. The summed E-state index contributed by atoms with van der Waals surface area (Å²) < 4.78 is 5.69. The maximum Gasteiger partial charge on any atom is 0.409 e. The zero-order valence-corrected chi connectivity index (χ0v) is 33.2. The maximum absolute atomic E-state index is 14.7. The Bertz CT molecular complexity index is 1850. The lowest BCUT2D eigenvalue weighted by Crippen LogP contribution is -2.58. The molecule has 1 amide bonds. The van der Waals surface area contributed by atoms with Gasteiger partial charge in [0.05, 0.1) is 24.9 Å². The zero-order chi connectivity index (χ0) is 38.3. The van der Waals surface area contributed by atoms with Gasteiger partial charge in [-0.25, -0.2) is 4.79 Å². The van der Waals surface area contributed by atoms with Gasteiger partial charge in [-0.15, -0.1) is 0 Å². The van der Waals surface area contributed by atoms with Crippen molar-refractivity contribution in [2.45, 2.75) is 116 Å². The van der Waals surface area contributed by atoms with Gasteiger partial charge in [0.2, 0.25) is 0 Å². The first-order chi connectivity index (χ1) is 25.8. The minimum Gasteiger partial charge on any atom is -0.450 e. The van der Waals surface area contributed by atoms with E-state index in [0.717, 1.165) is 47.4 Å². The molecule has 0 heterocycles. The standard InChI is InChI=1S/C48H61NO5/c1-6-54-45(52)49(30-37-20-21-38-29-43(37)46(38,3)4)31-48(53)26-24-42-40-23-15-33(27-39(50)22-14-32(2)11-10-25-47(42,48)5)28-41(40)44(51)36-18-16-35(17-19-36)34-12-8-7-9-13-34/h7-9,11-13,15-19,23,28,37-39,42-43,50,53H,6,10,14,20-22,24-27,29-31H2,1-5H3. The van der Waals surface area contributed by atoms with Gasteiger partial charge in [-0.1, -0.05) is 99.2 Å². The van der Waals surface area contributed by atoms with Crippen LogP contribution in [-0.4, -0.2) is 58.4 Å². The first-order valence-electron chi connectivity index (χ1n) is 20.6. The van der Waals surface area contributed by atoms with E-state index in [4.69, 9.17) is 4.74 Å². The van der Waals surface area contributed by atoms with E-state index in [9.17, 15) is 19.8 Å².